The molecule has 2 heterocycles. The van der Waals surface area contributed by atoms with Crippen LogP contribution >= 0.6 is 23.7 Å². The molecule has 3 atom stereocenters. The van der Waals surface area contributed by atoms with Crippen LogP contribution in [-0.2, 0) is 11.2 Å². The molecule has 2 nitrogen and oxygen atoms in total. The Morgan fingerprint density at radius 1 is 1.21 bits per heavy atom. The third kappa shape index (κ3) is 3.55. The number of aryl methyl sites for hydroxylation is 1. The lowest BCUT2D eigenvalue weighted by atomic mass is 9.82. The highest BCUT2D eigenvalue weighted by molar-refractivity contribution is 7.10. The number of hydrogen-bond acceptors (Lipinski definition) is 3. The highest BCUT2D eigenvalue weighted by atomic mass is 35.5. The second kappa shape index (κ2) is 8.01. The molecule has 1 aliphatic carbocycles. The lowest BCUT2D eigenvalue weighted by Crippen LogP contribution is -2.35. The molecular formula is C20H26ClNOS. The number of likely N-dealkylation sites (tertiary alicyclic amines) is 1. The van der Waals surface area contributed by atoms with Crippen LogP contribution in [0.15, 0.2) is 41.8 Å². The zero-order valence-corrected chi connectivity index (χ0v) is 15.8. The zero-order valence-electron chi connectivity index (χ0n) is 14.2. The maximum absolute atomic E-state index is 5.81. The molecule has 0 bridgehead atoms. The Hall–Kier alpha value is -0.870. The summed E-state index contributed by atoms with van der Waals surface area (Å²) in [4.78, 5) is 4.09. The van der Waals surface area contributed by atoms with Gasteiger partial charge in [-0.1, -0.05) is 30.3 Å². The van der Waals surface area contributed by atoms with Crippen molar-refractivity contribution in [3.63, 3.8) is 0 Å². The molecule has 1 saturated heterocycles. The average molecular weight is 364 g/mol. The van der Waals surface area contributed by atoms with Crippen molar-refractivity contribution in [3.05, 3.63) is 57.8 Å². The standard InChI is InChI=1S/C20H25NOS.ClH/c1-22-20-12-17(19-10-5-11-23-19)14-21(20)13-16-8-4-7-15-6-2-3-9-18(15)16;/h2-3,5-6,9-11,16-17,20H,4,7-8,12-14H2,1H3;1H. The van der Waals surface area contributed by atoms with Crippen molar-refractivity contribution in [2.45, 2.75) is 43.7 Å². The predicted octanol–water partition coefficient (Wildman–Crippen LogP) is 5.05. The van der Waals surface area contributed by atoms with E-state index in [1.165, 1.54) is 24.1 Å². The molecule has 1 fully saturated rings. The van der Waals surface area contributed by atoms with Gasteiger partial charge in [-0.15, -0.1) is 23.7 Å². The van der Waals surface area contributed by atoms with Crippen LogP contribution in [0.25, 0.3) is 0 Å². The Morgan fingerprint density at radius 3 is 2.88 bits per heavy atom. The third-order valence-corrected chi connectivity index (χ3v) is 6.55. The van der Waals surface area contributed by atoms with E-state index in [2.05, 4.69) is 46.7 Å². The van der Waals surface area contributed by atoms with Crippen LogP contribution in [0.2, 0.25) is 0 Å². The fourth-order valence-corrected chi connectivity index (χ4v) is 5.20. The van der Waals surface area contributed by atoms with Crippen molar-refractivity contribution >= 4 is 23.7 Å². The molecule has 24 heavy (non-hydrogen) atoms. The van der Waals surface area contributed by atoms with Gasteiger partial charge in [-0.2, -0.15) is 0 Å². The monoisotopic (exact) mass is 363 g/mol. The van der Waals surface area contributed by atoms with Crippen molar-refractivity contribution in [1.82, 2.24) is 4.90 Å². The lowest BCUT2D eigenvalue weighted by molar-refractivity contribution is -0.00741. The SMILES string of the molecule is COC1CC(c2cccs2)CN1CC1CCCc2ccccc21.Cl. The Morgan fingerprint density at radius 2 is 2.08 bits per heavy atom. The normalized spacial score (nSPS) is 26.8. The van der Waals surface area contributed by atoms with Crippen LogP contribution in [0.5, 0.6) is 0 Å². The minimum atomic E-state index is 0. The van der Waals surface area contributed by atoms with Crippen LogP contribution < -0.4 is 0 Å². The average Bonchev–Trinajstić information content (AvgIpc) is 3.24. The van der Waals surface area contributed by atoms with E-state index < -0.39 is 0 Å². The van der Waals surface area contributed by atoms with Gasteiger partial charge in [-0.3, -0.25) is 4.90 Å². The van der Waals surface area contributed by atoms with Crippen molar-refractivity contribution in [1.29, 1.82) is 0 Å². The summed E-state index contributed by atoms with van der Waals surface area (Å²) in [7, 11) is 1.86. The first kappa shape index (κ1) is 17.9. The van der Waals surface area contributed by atoms with E-state index in [1.807, 2.05) is 18.4 Å². The van der Waals surface area contributed by atoms with Crippen molar-refractivity contribution in [2.75, 3.05) is 20.2 Å². The summed E-state index contributed by atoms with van der Waals surface area (Å²) < 4.78 is 5.81. The molecule has 130 valence electrons. The van der Waals surface area contributed by atoms with Gasteiger partial charge in [0, 0.05) is 31.0 Å². The van der Waals surface area contributed by atoms with E-state index in [0.29, 0.717) is 11.8 Å². The number of methoxy groups -OCH3 is 1. The lowest BCUT2D eigenvalue weighted by Gasteiger charge is -2.31. The number of nitrogens with zero attached hydrogens (tertiary/aromatic N) is 1. The van der Waals surface area contributed by atoms with Gasteiger partial charge < -0.3 is 4.74 Å². The predicted molar refractivity (Wildman–Crippen MR) is 103 cm³/mol. The van der Waals surface area contributed by atoms with Crippen LogP contribution in [0.4, 0.5) is 0 Å². The smallest absolute Gasteiger partial charge is 0.110 e. The van der Waals surface area contributed by atoms with E-state index >= 15 is 0 Å². The molecule has 1 aromatic carbocycles. The summed E-state index contributed by atoms with van der Waals surface area (Å²) in [5, 5.41) is 2.19. The van der Waals surface area contributed by atoms with Gasteiger partial charge in [-0.25, -0.2) is 0 Å². The Balaban J connectivity index is 0.00000169. The molecule has 2 aromatic rings. The summed E-state index contributed by atoms with van der Waals surface area (Å²) in [6.07, 6.45) is 5.29. The van der Waals surface area contributed by atoms with Crippen molar-refractivity contribution < 1.29 is 4.74 Å². The largest absolute Gasteiger partial charge is 0.366 e. The topological polar surface area (TPSA) is 12.5 Å². The maximum atomic E-state index is 5.81. The van der Waals surface area contributed by atoms with Gasteiger partial charge >= 0.3 is 0 Å². The van der Waals surface area contributed by atoms with E-state index in [4.69, 9.17) is 4.74 Å². The third-order valence-electron chi connectivity index (χ3n) is 5.51. The van der Waals surface area contributed by atoms with Crippen molar-refractivity contribution in [3.8, 4) is 0 Å². The number of thiophene rings is 1. The molecule has 4 heteroatoms. The first-order valence-electron chi connectivity index (χ1n) is 8.73. The number of ether oxygens (including phenoxy) is 1. The molecule has 2 aliphatic rings. The fourth-order valence-electron chi connectivity index (χ4n) is 4.36. The highest BCUT2D eigenvalue weighted by Gasteiger charge is 2.35. The molecule has 1 aliphatic heterocycles. The molecule has 1 aromatic heterocycles. The van der Waals surface area contributed by atoms with E-state index in [1.54, 1.807) is 11.1 Å². The number of halogens is 1. The number of benzene rings is 1. The number of hydrogen-bond donors (Lipinski definition) is 0. The van der Waals surface area contributed by atoms with Gasteiger partial charge in [0.05, 0.1) is 0 Å². The molecular weight excluding hydrogens is 338 g/mol. The van der Waals surface area contributed by atoms with Crippen LogP contribution in [-0.4, -0.2) is 31.3 Å². The fraction of sp³-hybridized carbons (Fsp3) is 0.500. The van der Waals surface area contributed by atoms with Gasteiger partial charge in [0.2, 0.25) is 0 Å². The summed E-state index contributed by atoms with van der Waals surface area (Å²) >= 11 is 1.89. The Labute approximate surface area is 155 Å². The zero-order chi connectivity index (χ0) is 15.6. The molecule has 0 spiro atoms. The summed E-state index contributed by atoms with van der Waals surface area (Å²) in [5.41, 5.74) is 3.14. The van der Waals surface area contributed by atoms with Crippen molar-refractivity contribution in [2.24, 2.45) is 0 Å². The van der Waals surface area contributed by atoms with Crippen LogP contribution in [0.1, 0.15) is 47.1 Å². The minimum Gasteiger partial charge on any atom is -0.366 e. The summed E-state index contributed by atoms with van der Waals surface area (Å²) in [6.45, 7) is 2.27. The Kier molecular flexibility index (Phi) is 5.98. The summed E-state index contributed by atoms with van der Waals surface area (Å²) in [5.74, 6) is 1.30. The highest BCUT2D eigenvalue weighted by Crippen LogP contribution is 2.38. The minimum absolute atomic E-state index is 0. The molecule has 3 unspecified atom stereocenters. The second-order valence-corrected chi connectivity index (χ2v) is 7.86. The molecule has 0 saturated carbocycles. The van der Waals surface area contributed by atoms with E-state index in [9.17, 15) is 0 Å². The van der Waals surface area contributed by atoms with E-state index in [0.717, 1.165) is 19.5 Å². The first-order chi connectivity index (χ1) is 11.3. The molecule has 0 amide bonds. The summed E-state index contributed by atoms with van der Waals surface area (Å²) in [6, 6.07) is 13.5. The van der Waals surface area contributed by atoms with E-state index in [-0.39, 0.29) is 18.6 Å². The Bertz CT molecular complexity index is 645. The molecule has 0 N–H and O–H groups in total. The van der Waals surface area contributed by atoms with Crippen LogP contribution in [0, 0.1) is 0 Å². The van der Waals surface area contributed by atoms with Crippen LogP contribution in [0.3, 0.4) is 0 Å². The van der Waals surface area contributed by atoms with Gasteiger partial charge in [0.15, 0.2) is 0 Å². The van der Waals surface area contributed by atoms with Gasteiger partial charge in [0.25, 0.3) is 0 Å². The van der Waals surface area contributed by atoms with Gasteiger partial charge in [-0.05, 0) is 54.2 Å². The molecule has 0 radical (unpaired) electrons. The second-order valence-electron chi connectivity index (χ2n) is 6.88. The number of rotatable bonds is 4. The maximum Gasteiger partial charge on any atom is 0.110 e. The van der Waals surface area contributed by atoms with Gasteiger partial charge in [0.1, 0.15) is 6.23 Å². The molecule has 4 rings (SSSR count). The number of fused-ring (bicyclic) bond motifs is 1. The first-order valence-corrected chi connectivity index (χ1v) is 9.61. The quantitative estimate of drug-likeness (QED) is 0.753.